The Morgan fingerprint density at radius 2 is 1.94 bits per heavy atom. The van der Waals surface area contributed by atoms with Crippen molar-refractivity contribution in [1.29, 1.82) is 0 Å². The second-order valence-electron chi connectivity index (χ2n) is 5.13. The highest BCUT2D eigenvalue weighted by atomic mass is 79.9. The smallest absolute Gasteiger partial charge is 0.0871 e. The highest BCUT2D eigenvalue weighted by molar-refractivity contribution is 9.10. The van der Waals surface area contributed by atoms with E-state index in [1.165, 1.54) is 16.6 Å². The average molecular weight is 310 g/mol. The molecular weight excluding hydrogens is 290 g/mol. The van der Waals surface area contributed by atoms with Gasteiger partial charge in [0.1, 0.15) is 0 Å². The molecule has 3 heteroatoms. The molecule has 0 aliphatic carbocycles. The molecule has 0 bridgehead atoms. The molecule has 0 saturated heterocycles. The van der Waals surface area contributed by atoms with Crippen LogP contribution in [-0.4, -0.2) is 10.7 Å². The maximum atomic E-state index is 5.75. The number of benzene rings is 1. The van der Waals surface area contributed by atoms with Crippen molar-refractivity contribution < 1.29 is 4.74 Å². The van der Waals surface area contributed by atoms with E-state index in [9.17, 15) is 0 Å². The number of rotatable bonds is 4. The molecule has 2 rings (SSSR count). The first-order valence-corrected chi connectivity index (χ1v) is 7.20. The van der Waals surface area contributed by atoms with Gasteiger partial charge in [0.05, 0.1) is 12.7 Å². The van der Waals surface area contributed by atoms with Crippen molar-refractivity contribution in [3.8, 4) is 0 Å². The molecule has 2 nitrogen and oxygen atoms in total. The lowest BCUT2D eigenvalue weighted by Gasteiger charge is -2.16. The summed E-state index contributed by atoms with van der Waals surface area (Å²) in [6, 6.07) is 8.99. The van der Waals surface area contributed by atoms with Gasteiger partial charge in [-0.05, 0) is 45.9 Å². The Morgan fingerprint density at radius 3 is 2.56 bits per heavy atom. The minimum Gasteiger partial charge on any atom is -0.373 e. The van der Waals surface area contributed by atoms with Crippen LogP contribution in [0.15, 0.2) is 28.7 Å². The fourth-order valence-electron chi connectivity index (χ4n) is 2.24. The van der Waals surface area contributed by atoms with E-state index in [0.29, 0.717) is 12.6 Å². The lowest BCUT2D eigenvalue weighted by Crippen LogP contribution is -2.09. The van der Waals surface area contributed by atoms with Crippen LogP contribution >= 0.6 is 15.9 Å². The standard InChI is InChI=1S/C15H20BrNO/c1-10(2)17-12(9-18-11(3)4)8-13-14(16)6-5-7-15(13)17/h5-8,10-11H,9H2,1-4H3. The first-order valence-electron chi connectivity index (χ1n) is 6.40. The first kappa shape index (κ1) is 13.6. The summed E-state index contributed by atoms with van der Waals surface area (Å²) in [5.41, 5.74) is 2.50. The molecule has 0 amide bonds. The molecule has 0 radical (unpaired) electrons. The van der Waals surface area contributed by atoms with Crippen LogP contribution in [0.4, 0.5) is 0 Å². The van der Waals surface area contributed by atoms with E-state index in [0.717, 1.165) is 4.47 Å². The number of aromatic nitrogens is 1. The van der Waals surface area contributed by atoms with Gasteiger partial charge < -0.3 is 9.30 Å². The van der Waals surface area contributed by atoms with Crippen LogP contribution in [0.1, 0.15) is 39.4 Å². The SMILES string of the molecule is CC(C)OCc1cc2c(Br)cccc2n1C(C)C. The lowest BCUT2D eigenvalue weighted by atomic mass is 10.2. The molecule has 1 heterocycles. The molecule has 1 aromatic carbocycles. The lowest BCUT2D eigenvalue weighted by molar-refractivity contribution is 0.0615. The Bertz CT molecular complexity index is 543. The van der Waals surface area contributed by atoms with Crippen LogP contribution in [-0.2, 0) is 11.3 Å². The number of nitrogens with zero attached hydrogens (tertiary/aromatic N) is 1. The summed E-state index contributed by atoms with van der Waals surface area (Å²) >= 11 is 3.62. The van der Waals surface area contributed by atoms with Crippen LogP contribution in [0.25, 0.3) is 10.9 Å². The Hall–Kier alpha value is -0.800. The van der Waals surface area contributed by atoms with Crippen LogP contribution in [0.2, 0.25) is 0 Å². The average Bonchev–Trinajstić information content (AvgIpc) is 2.66. The van der Waals surface area contributed by atoms with Crippen molar-refractivity contribution in [3.05, 3.63) is 34.4 Å². The van der Waals surface area contributed by atoms with Gasteiger partial charge in [-0.15, -0.1) is 0 Å². The van der Waals surface area contributed by atoms with Crippen molar-refractivity contribution in [2.75, 3.05) is 0 Å². The molecule has 98 valence electrons. The van der Waals surface area contributed by atoms with E-state index < -0.39 is 0 Å². The molecule has 0 aliphatic rings. The molecule has 18 heavy (non-hydrogen) atoms. The maximum Gasteiger partial charge on any atom is 0.0871 e. The fourth-order valence-corrected chi connectivity index (χ4v) is 2.71. The van der Waals surface area contributed by atoms with E-state index in [1.807, 2.05) is 0 Å². The van der Waals surface area contributed by atoms with E-state index in [2.05, 4.69) is 72.5 Å². The highest BCUT2D eigenvalue weighted by Crippen LogP contribution is 2.30. The number of ether oxygens (including phenoxy) is 1. The molecule has 0 fully saturated rings. The number of halogens is 1. The van der Waals surface area contributed by atoms with Gasteiger partial charge in [0.25, 0.3) is 0 Å². The molecular formula is C15H20BrNO. The van der Waals surface area contributed by atoms with Gasteiger partial charge in [0, 0.05) is 27.1 Å². The zero-order valence-corrected chi connectivity index (χ0v) is 13.0. The maximum absolute atomic E-state index is 5.75. The van der Waals surface area contributed by atoms with Gasteiger partial charge >= 0.3 is 0 Å². The Kier molecular flexibility index (Phi) is 4.13. The molecule has 0 aliphatic heterocycles. The quantitative estimate of drug-likeness (QED) is 0.782. The van der Waals surface area contributed by atoms with Gasteiger partial charge in [-0.2, -0.15) is 0 Å². The summed E-state index contributed by atoms with van der Waals surface area (Å²) in [4.78, 5) is 0. The molecule has 2 aromatic rings. The molecule has 0 saturated carbocycles. The van der Waals surface area contributed by atoms with Crippen molar-refractivity contribution in [3.63, 3.8) is 0 Å². The number of hydrogen-bond acceptors (Lipinski definition) is 1. The highest BCUT2D eigenvalue weighted by Gasteiger charge is 2.13. The van der Waals surface area contributed by atoms with Crippen LogP contribution in [0.3, 0.4) is 0 Å². The largest absolute Gasteiger partial charge is 0.373 e. The van der Waals surface area contributed by atoms with Crippen molar-refractivity contribution in [1.82, 2.24) is 4.57 Å². The molecule has 1 aromatic heterocycles. The second-order valence-corrected chi connectivity index (χ2v) is 5.99. The summed E-state index contributed by atoms with van der Waals surface area (Å²) < 4.78 is 9.25. The summed E-state index contributed by atoms with van der Waals surface area (Å²) in [6.45, 7) is 9.21. The van der Waals surface area contributed by atoms with E-state index >= 15 is 0 Å². The predicted octanol–water partition coefficient (Wildman–Crippen LogP) is 4.91. The van der Waals surface area contributed by atoms with Crippen molar-refractivity contribution >= 4 is 26.8 Å². The summed E-state index contributed by atoms with van der Waals surface area (Å²) in [5, 5.41) is 1.26. The van der Waals surface area contributed by atoms with E-state index in [1.54, 1.807) is 0 Å². The molecule has 0 N–H and O–H groups in total. The summed E-state index contributed by atoms with van der Waals surface area (Å²) in [7, 11) is 0. The minimum atomic E-state index is 0.257. The molecule has 0 spiro atoms. The zero-order valence-electron chi connectivity index (χ0n) is 11.4. The van der Waals surface area contributed by atoms with Gasteiger partial charge in [0.2, 0.25) is 0 Å². The van der Waals surface area contributed by atoms with Gasteiger partial charge in [-0.25, -0.2) is 0 Å². The van der Waals surface area contributed by atoms with Crippen LogP contribution < -0.4 is 0 Å². The van der Waals surface area contributed by atoms with Crippen LogP contribution in [0, 0.1) is 0 Å². The Balaban J connectivity index is 2.51. The summed E-state index contributed by atoms with van der Waals surface area (Å²) in [5.74, 6) is 0. The topological polar surface area (TPSA) is 14.2 Å². The predicted molar refractivity (Wildman–Crippen MR) is 79.9 cm³/mol. The molecule has 0 unspecified atom stereocenters. The number of hydrogen-bond donors (Lipinski definition) is 0. The first-order chi connectivity index (χ1) is 8.50. The summed E-state index contributed by atoms with van der Waals surface area (Å²) in [6.07, 6.45) is 0.257. The number of fused-ring (bicyclic) bond motifs is 1. The second kappa shape index (κ2) is 5.45. The van der Waals surface area contributed by atoms with Gasteiger partial charge in [-0.3, -0.25) is 0 Å². The Labute approximate surface area is 117 Å². The third kappa shape index (κ3) is 2.62. The fraction of sp³-hybridized carbons (Fsp3) is 0.467. The normalized spacial score (nSPS) is 11.9. The van der Waals surface area contributed by atoms with Crippen molar-refractivity contribution in [2.24, 2.45) is 0 Å². The molecule has 0 atom stereocenters. The van der Waals surface area contributed by atoms with Crippen molar-refractivity contribution in [2.45, 2.75) is 46.4 Å². The Morgan fingerprint density at radius 1 is 1.22 bits per heavy atom. The third-order valence-corrected chi connectivity index (χ3v) is 3.68. The van der Waals surface area contributed by atoms with Gasteiger partial charge in [0.15, 0.2) is 0 Å². The van der Waals surface area contributed by atoms with E-state index in [4.69, 9.17) is 4.74 Å². The van der Waals surface area contributed by atoms with Gasteiger partial charge in [-0.1, -0.05) is 22.0 Å². The monoisotopic (exact) mass is 309 g/mol. The van der Waals surface area contributed by atoms with E-state index in [-0.39, 0.29) is 6.10 Å². The third-order valence-electron chi connectivity index (χ3n) is 2.99. The minimum absolute atomic E-state index is 0.257. The zero-order chi connectivity index (χ0) is 13.3. The van der Waals surface area contributed by atoms with Crippen LogP contribution in [0.5, 0.6) is 0 Å².